The molecule has 0 spiro atoms. The summed E-state index contributed by atoms with van der Waals surface area (Å²) in [6, 6.07) is 5.52. The van der Waals surface area contributed by atoms with Gasteiger partial charge in [-0.05, 0) is 13.0 Å². The number of aliphatic hydroxyl groups is 1. The Balaban J connectivity index is 1.29. The van der Waals surface area contributed by atoms with E-state index in [4.69, 9.17) is 18.6 Å². The molecule has 0 amide bonds. The van der Waals surface area contributed by atoms with Crippen LogP contribution in [-0.2, 0) is 16.9 Å². The molecule has 1 aromatic carbocycles. The number of ether oxygens (including phenoxy) is 3. The number of hydrogen-bond acceptors (Lipinski definition) is 10. The fourth-order valence-corrected chi connectivity index (χ4v) is 5.07. The molecular formula is C24H23N5O5S. The van der Waals surface area contributed by atoms with Crippen LogP contribution < -0.4 is 9.47 Å². The van der Waals surface area contributed by atoms with E-state index in [1.165, 1.54) is 11.3 Å². The van der Waals surface area contributed by atoms with Gasteiger partial charge < -0.3 is 23.7 Å². The number of benzene rings is 1. The van der Waals surface area contributed by atoms with Crippen LogP contribution in [0, 0.1) is 6.92 Å². The highest BCUT2D eigenvalue weighted by atomic mass is 32.1. The second-order valence-corrected chi connectivity index (χ2v) is 9.32. The van der Waals surface area contributed by atoms with Crippen molar-refractivity contribution in [1.29, 1.82) is 0 Å². The average molecular weight is 494 g/mol. The molecule has 6 rings (SSSR count). The van der Waals surface area contributed by atoms with Crippen LogP contribution in [0.2, 0.25) is 0 Å². The van der Waals surface area contributed by atoms with Crippen LogP contribution in [0.3, 0.4) is 0 Å². The third kappa shape index (κ3) is 4.11. The maximum absolute atomic E-state index is 10.9. The molecule has 0 saturated carbocycles. The molecule has 0 radical (unpaired) electrons. The Morgan fingerprint density at radius 3 is 2.89 bits per heavy atom. The molecule has 5 aromatic rings. The molecule has 1 N–H and O–H groups in total. The first-order valence-corrected chi connectivity index (χ1v) is 12.1. The van der Waals surface area contributed by atoms with Crippen molar-refractivity contribution in [3.63, 3.8) is 0 Å². The number of methoxy groups -OCH3 is 1. The summed E-state index contributed by atoms with van der Waals surface area (Å²) in [5, 5.41) is 18.7. The van der Waals surface area contributed by atoms with E-state index < -0.39 is 5.60 Å². The first-order chi connectivity index (χ1) is 17.0. The van der Waals surface area contributed by atoms with E-state index >= 15 is 0 Å². The summed E-state index contributed by atoms with van der Waals surface area (Å²) < 4.78 is 24.8. The molecule has 1 aliphatic heterocycles. The average Bonchev–Trinajstić information content (AvgIpc) is 3.60. The molecule has 180 valence electrons. The fraction of sp³-hybridized carbons (Fsp3) is 0.333. The van der Waals surface area contributed by atoms with Crippen molar-refractivity contribution in [2.24, 2.45) is 0 Å². The van der Waals surface area contributed by atoms with Crippen LogP contribution in [0.25, 0.3) is 28.1 Å². The normalized spacial score (nSPS) is 15.6. The predicted molar refractivity (Wildman–Crippen MR) is 128 cm³/mol. The second-order valence-electron chi connectivity index (χ2n) is 8.46. The highest BCUT2D eigenvalue weighted by Gasteiger charge is 2.34. The van der Waals surface area contributed by atoms with Crippen LogP contribution in [0.4, 0.5) is 0 Å². The number of thiazole rings is 1. The van der Waals surface area contributed by atoms with Crippen molar-refractivity contribution in [3.8, 4) is 23.0 Å². The lowest BCUT2D eigenvalue weighted by Crippen LogP contribution is -2.33. The number of rotatable bonds is 6. The highest BCUT2D eigenvalue weighted by molar-refractivity contribution is 7.09. The molecule has 0 unspecified atom stereocenters. The molecule has 1 saturated heterocycles. The number of nitrogens with zero attached hydrogens (tertiary/aromatic N) is 5. The molecule has 10 nitrogen and oxygen atoms in total. The topological polar surface area (TPSA) is 117 Å². The summed E-state index contributed by atoms with van der Waals surface area (Å²) in [5.74, 6) is 2.45. The maximum Gasteiger partial charge on any atom is 0.172 e. The van der Waals surface area contributed by atoms with E-state index in [0.29, 0.717) is 71.1 Å². The molecule has 4 aromatic heterocycles. The van der Waals surface area contributed by atoms with Gasteiger partial charge in [0, 0.05) is 43.6 Å². The standard InChI is InChI=1S/C24H23N5O5S/c1-14-25-10-22-27-18(11-29(22)28-14)21-9-17-19(7-16(31-2)8-20(17)34-21)33-12-15-13-35-23(26-15)24(30)3-5-32-6-4-24/h7-11,13,30H,3-6,12H2,1-2H3. The zero-order valence-corrected chi connectivity index (χ0v) is 20.0. The minimum atomic E-state index is -0.930. The van der Waals surface area contributed by atoms with Crippen LogP contribution in [-0.4, -0.2) is 50.0 Å². The molecule has 11 heteroatoms. The van der Waals surface area contributed by atoms with Gasteiger partial charge in [0.2, 0.25) is 0 Å². The Kier molecular flexibility index (Phi) is 5.39. The van der Waals surface area contributed by atoms with Gasteiger partial charge in [0.05, 0.1) is 30.6 Å². The minimum absolute atomic E-state index is 0.245. The summed E-state index contributed by atoms with van der Waals surface area (Å²) in [5.41, 5.74) is 1.70. The van der Waals surface area contributed by atoms with Gasteiger partial charge in [-0.15, -0.1) is 11.3 Å². The number of aryl methyl sites for hydroxylation is 1. The van der Waals surface area contributed by atoms with E-state index in [-0.39, 0.29) is 6.61 Å². The number of furan rings is 1. The number of hydrogen-bond donors (Lipinski definition) is 1. The Morgan fingerprint density at radius 1 is 1.20 bits per heavy atom. The SMILES string of the molecule is COc1cc(OCc2csc(C3(O)CCOCC3)n2)c2cc(-c3cn4nc(C)ncc4n3)oc2c1. The quantitative estimate of drug-likeness (QED) is 0.376. The Morgan fingerprint density at radius 2 is 2.06 bits per heavy atom. The third-order valence-electron chi connectivity index (χ3n) is 6.04. The van der Waals surface area contributed by atoms with Crippen molar-refractivity contribution in [3.05, 3.63) is 52.5 Å². The zero-order chi connectivity index (χ0) is 24.0. The largest absolute Gasteiger partial charge is 0.496 e. The van der Waals surface area contributed by atoms with Gasteiger partial charge in [0.25, 0.3) is 0 Å². The number of imidazole rings is 1. The Hall–Kier alpha value is -3.54. The van der Waals surface area contributed by atoms with E-state index in [1.807, 2.05) is 30.5 Å². The predicted octanol–water partition coefficient (Wildman–Crippen LogP) is 3.89. The van der Waals surface area contributed by atoms with Crippen LogP contribution >= 0.6 is 11.3 Å². The molecule has 1 fully saturated rings. The van der Waals surface area contributed by atoms with Crippen molar-refractivity contribution in [2.75, 3.05) is 20.3 Å². The van der Waals surface area contributed by atoms with Crippen LogP contribution in [0.1, 0.15) is 29.4 Å². The zero-order valence-electron chi connectivity index (χ0n) is 19.2. The van der Waals surface area contributed by atoms with Crippen molar-refractivity contribution < 1.29 is 23.7 Å². The third-order valence-corrected chi connectivity index (χ3v) is 7.12. The van der Waals surface area contributed by atoms with Gasteiger partial charge in [-0.25, -0.2) is 19.5 Å². The molecule has 1 aliphatic rings. The summed E-state index contributed by atoms with van der Waals surface area (Å²) in [6.45, 7) is 3.14. The molecule has 5 heterocycles. The van der Waals surface area contributed by atoms with Gasteiger partial charge in [-0.2, -0.15) is 5.10 Å². The Bertz CT molecular complexity index is 1520. The van der Waals surface area contributed by atoms with E-state index in [0.717, 1.165) is 11.1 Å². The Labute approximate surface area is 204 Å². The summed E-state index contributed by atoms with van der Waals surface area (Å²) in [7, 11) is 1.60. The first kappa shape index (κ1) is 22.0. The smallest absolute Gasteiger partial charge is 0.172 e. The molecular weight excluding hydrogens is 470 g/mol. The first-order valence-electron chi connectivity index (χ1n) is 11.2. The second kappa shape index (κ2) is 8.59. The lowest BCUT2D eigenvalue weighted by molar-refractivity contribution is -0.0681. The molecule has 35 heavy (non-hydrogen) atoms. The summed E-state index contributed by atoms with van der Waals surface area (Å²) >= 11 is 1.44. The summed E-state index contributed by atoms with van der Waals surface area (Å²) in [4.78, 5) is 13.4. The van der Waals surface area contributed by atoms with E-state index in [2.05, 4.69) is 20.1 Å². The van der Waals surface area contributed by atoms with Gasteiger partial charge in [-0.1, -0.05) is 0 Å². The molecule has 0 aliphatic carbocycles. The number of fused-ring (bicyclic) bond motifs is 2. The van der Waals surface area contributed by atoms with E-state index in [9.17, 15) is 5.11 Å². The monoisotopic (exact) mass is 493 g/mol. The van der Waals surface area contributed by atoms with Crippen molar-refractivity contribution in [2.45, 2.75) is 32.0 Å². The van der Waals surface area contributed by atoms with Crippen molar-refractivity contribution >= 4 is 28.0 Å². The highest BCUT2D eigenvalue weighted by Crippen LogP contribution is 2.38. The van der Waals surface area contributed by atoms with Gasteiger partial charge in [0.1, 0.15) is 45.8 Å². The minimum Gasteiger partial charge on any atom is -0.496 e. The lowest BCUT2D eigenvalue weighted by atomic mass is 9.95. The fourth-order valence-electron chi connectivity index (χ4n) is 4.11. The van der Waals surface area contributed by atoms with Gasteiger partial charge in [0.15, 0.2) is 11.4 Å². The van der Waals surface area contributed by atoms with Gasteiger partial charge in [-0.3, -0.25) is 0 Å². The molecule has 0 atom stereocenters. The molecule has 0 bridgehead atoms. The van der Waals surface area contributed by atoms with E-state index in [1.54, 1.807) is 24.0 Å². The van der Waals surface area contributed by atoms with Crippen LogP contribution in [0.15, 0.2) is 40.4 Å². The van der Waals surface area contributed by atoms with Crippen LogP contribution in [0.5, 0.6) is 11.5 Å². The van der Waals surface area contributed by atoms with Crippen molar-refractivity contribution in [1.82, 2.24) is 24.6 Å². The maximum atomic E-state index is 10.9. The lowest BCUT2D eigenvalue weighted by Gasteiger charge is -2.29. The van der Waals surface area contributed by atoms with Gasteiger partial charge >= 0.3 is 0 Å². The number of aromatic nitrogens is 5. The summed E-state index contributed by atoms with van der Waals surface area (Å²) in [6.07, 6.45) is 4.56.